The number of carbonyl (C=O) groups excluding carboxylic acids is 1. The summed E-state index contributed by atoms with van der Waals surface area (Å²) >= 11 is 6.47. The zero-order chi connectivity index (χ0) is 19.7. The first-order chi connectivity index (χ1) is 13.5. The van der Waals surface area contributed by atoms with E-state index < -0.39 is 4.92 Å². The lowest BCUT2D eigenvalue weighted by Crippen LogP contribution is -2.27. The molecule has 0 unspecified atom stereocenters. The number of nitrogens with zero attached hydrogens (tertiary/aromatic N) is 3. The number of aromatic nitrogens is 1. The minimum atomic E-state index is -0.462. The highest BCUT2D eigenvalue weighted by Crippen LogP contribution is 2.37. The van der Waals surface area contributed by atoms with Gasteiger partial charge in [-0.2, -0.15) is 0 Å². The highest BCUT2D eigenvalue weighted by atomic mass is 32.2. The Morgan fingerprint density at radius 1 is 1.18 bits per heavy atom. The van der Waals surface area contributed by atoms with Crippen molar-refractivity contribution < 1.29 is 14.1 Å². The Morgan fingerprint density at radius 3 is 2.75 bits per heavy atom. The van der Waals surface area contributed by atoms with Gasteiger partial charge in [-0.15, -0.1) is 0 Å². The predicted octanol–water partition coefficient (Wildman–Crippen LogP) is 4.66. The summed E-state index contributed by atoms with van der Waals surface area (Å²) in [6.45, 7) is 0. The fraction of sp³-hybridized carbons (Fsp3) is 0. The summed E-state index contributed by atoms with van der Waals surface area (Å²) in [5, 5.41) is 11.2. The molecular formula is C19H11N3O4S2. The maximum Gasteiger partial charge on any atom is 0.280 e. The average molecular weight is 409 g/mol. The molecule has 0 atom stereocenters. The van der Waals surface area contributed by atoms with Crippen LogP contribution < -0.4 is 4.90 Å². The molecule has 7 nitrogen and oxygen atoms in total. The molecule has 1 amide bonds. The van der Waals surface area contributed by atoms with E-state index in [2.05, 4.69) is 4.98 Å². The van der Waals surface area contributed by atoms with Gasteiger partial charge < -0.3 is 4.42 Å². The molecule has 1 aromatic carbocycles. The predicted molar refractivity (Wildman–Crippen MR) is 111 cm³/mol. The molecule has 28 heavy (non-hydrogen) atoms. The van der Waals surface area contributed by atoms with E-state index in [1.54, 1.807) is 60.9 Å². The van der Waals surface area contributed by atoms with Crippen LogP contribution in [0.5, 0.6) is 0 Å². The molecule has 0 spiro atoms. The molecule has 3 heterocycles. The van der Waals surface area contributed by atoms with Crippen LogP contribution >= 0.6 is 24.0 Å². The van der Waals surface area contributed by atoms with Gasteiger partial charge in [-0.3, -0.25) is 24.8 Å². The topological polar surface area (TPSA) is 89.5 Å². The van der Waals surface area contributed by atoms with Crippen molar-refractivity contribution in [3.8, 4) is 11.3 Å². The van der Waals surface area contributed by atoms with E-state index in [0.29, 0.717) is 32.0 Å². The average Bonchev–Trinajstić information content (AvgIpc) is 3.27. The third kappa shape index (κ3) is 3.32. The van der Waals surface area contributed by atoms with Crippen LogP contribution in [0.15, 0.2) is 70.2 Å². The molecule has 0 aliphatic carbocycles. The first-order valence-corrected chi connectivity index (χ1v) is 9.28. The number of thiocarbonyl (C=S) groups is 1. The van der Waals surface area contributed by atoms with Gasteiger partial charge in [0.25, 0.3) is 11.6 Å². The second-order valence-corrected chi connectivity index (χ2v) is 7.38. The Bertz CT molecular complexity index is 1120. The first-order valence-electron chi connectivity index (χ1n) is 8.06. The SMILES string of the molecule is O=C1/C(=C/c2ccc(-c3ccccc3[N+](=O)[O-])o2)SC(=S)N1c1cccnc1. The molecule has 1 aliphatic rings. The Kier molecular flexibility index (Phi) is 4.76. The lowest BCUT2D eigenvalue weighted by molar-refractivity contribution is -0.384. The summed E-state index contributed by atoms with van der Waals surface area (Å²) in [5.41, 5.74) is 0.912. The number of benzene rings is 1. The molecule has 9 heteroatoms. The van der Waals surface area contributed by atoms with E-state index in [4.69, 9.17) is 16.6 Å². The molecular weight excluding hydrogens is 398 g/mol. The second kappa shape index (κ2) is 7.37. The van der Waals surface area contributed by atoms with Crippen molar-refractivity contribution in [1.82, 2.24) is 4.98 Å². The van der Waals surface area contributed by atoms with E-state index in [1.165, 1.54) is 11.0 Å². The van der Waals surface area contributed by atoms with Gasteiger partial charge in [0.05, 0.1) is 27.3 Å². The number of furan rings is 1. The molecule has 4 rings (SSSR count). The smallest absolute Gasteiger partial charge is 0.280 e. The van der Waals surface area contributed by atoms with Gasteiger partial charge in [-0.05, 0) is 30.3 Å². The number of pyridine rings is 1. The highest BCUT2D eigenvalue weighted by Gasteiger charge is 2.33. The molecule has 0 saturated carbocycles. The van der Waals surface area contributed by atoms with Gasteiger partial charge >= 0.3 is 0 Å². The van der Waals surface area contributed by atoms with Gasteiger partial charge in [0.15, 0.2) is 4.32 Å². The number of nitro groups is 1. The zero-order valence-electron chi connectivity index (χ0n) is 14.1. The molecule has 0 bridgehead atoms. The third-order valence-electron chi connectivity index (χ3n) is 3.96. The van der Waals surface area contributed by atoms with Crippen LogP contribution in [0.3, 0.4) is 0 Å². The van der Waals surface area contributed by atoms with Gasteiger partial charge in [-0.1, -0.05) is 36.1 Å². The summed E-state index contributed by atoms with van der Waals surface area (Å²) in [4.78, 5) is 29.3. The molecule has 1 saturated heterocycles. The van der Waals surface area contributed by atoms with Crippen LogP contribution in [0, 0.1) is 10.1 Å². The summed E-state index contributed by atoms with van der Waals surface area (Å²) in [6, 6.07) is 13.1. The van der Waals surface area contributed by atoms with Crippen molar-refractivity contribution in [2.24, 2.45) is 0 Å². The monoisotopic (exact) mass is 409 g/mol. The number of hydrogen-bond donors (Lipinski definition) is 0. The van der Waals surface area contributed by atoms with Crippen molar-refractivity contribution in [3.63, 3.8) is 0 Å². The fourth-order valence-corrected chi connectivity index (χ4v) is 4.00. The zero-order valence-corrected chi connectivity index (χ0v) is 15.8. The third-order valence-corrected chi connectivity index (χ3v) is 5.27. The number of rotatable bonds is 4. The quantitative estimate of drug-likeness (QED) is 0.268. The number of nitro benzene ring substituents is 1. The Morgan fingerprint density at radius 2 is 2.00 bits per heavy atom. The lowest BCUT2D eigenvalue weighted by Gasteiger charge is -2.13. The minimum absolute atomic E-state index is 0.0497. The number of carbonyl (C=O) groups is 1. The standard InChI is InChI=1S/C19H11N3O4S2/c23-18-17(28-19(27)21(18)12-4-3-9-20-11-12)10-13-7-8-16(26-13)14-5-1-2-6-15(14)22(24)25/h1-11H/b17-10-. The Balaban J connectivity index is 1.64. The van der Waals surface area contributed by atoms with Gasteiger partial charge in [0.1, 0.15) is 11.5 Å². The number of para-hydroxylation sites is 1. The molecule has 0 N–H and O–H groups in total. The number of amides is 1. The largest absolute Gasteiger partial charge is 0.456 e. The van der Waals surface area contributed by atoms with Gasteiger partial charge in [0, 0.05) is 18.3 Å². The van der Waals surface area contributed by atoms with Gasteiger partial charge in [0.2, 0.25) is 0 Å². The van der Waals surface area contributed by atoms with Crippen LogP contribution in [0.4, 0.5) is 11.4 Å². The van der Waals surface area contributed by atoms with Gasteiger partial charge in [-0.25, -0.2) is 0 Å². The summed E-state index contributed by atoms with van der Waals surface area (Å²) in [6.07, 6.45) is 4.76. The highest BCUT2D eigenvalue weighted by molar-refractivity contribution is 8.27. The second-order valence-electron chi connectivity index (χ2n) is 5.70. The normalized spacial score (nSPS) is 15.4. The van der Waals surface area contributed by atoms with Crippen molar-refractivity contribution in [2.45, 2.75) is 0 Å². The molecule has 1 fully saturated rings. The Hall–Kier alpha value is -3.30. The van der Waals surface area contributed by atoms with E-state index in [0.717, 1.165) is 11.8 Å². The van der Waals surface area contributed by atoms with Crippen LogP contribution in [0.2, 0.25) is 0 Å². The molecule has 0 radical (unpaired) electrons. The number of hydrogen-bond acceptors (Lipinski definition) is 7. The Labute approximate surface area is 168 Å². The van der Waals surface area contributed by atoms with E-state index >= 15 is 0 Å². The summed E-state index contributed by atoms with van der Waals surface area (Å²) < 4.78 is 6.12. The lowest BCUT2D eigenvalue weighted by atomic mass is 10.1. The molecule has 1 aliphatic heterocycles. The van der Waals surface area contributed by atoms with Crippen LogP contribution in [0.1, 0.15) is 5.76 Å². The molecule has 2 aromatic heterocycles. The van der Waals surface area contributed by atoms with E-state index in [-0.39, 0.29) is 11.6 Å². The number of thioether (sulfide) groups is 1. The van der Waals surface area contributed by atoms with Crippen LogP contribution in [-0.2, 0) is 4.79 Å². The maximum atomic E-state index is 12.7. The van der Waals surface area contributed by atoms with E-state index in [1.807, 2.05) is 0 Å². The van der Waals surface area contributed by atoms with Crippen molar-refractivity contribution in [1.29, 1.82) is 0 Å². The van der Waals surface area contributed by atoms with Crippen molar-refractivity contribution in [3.05, 3.63) is 81.7 Å². The minimum Gasteiger partial charge on any atom is -0.456 e. The van der Waals surface area contributed by atoms with Crippen LogP contribution in [0.25, 0.3) is 17.4 Å². The summed E-state index contributed by atoms with van der Waals surface area (Å²) in [5.74, 6) is 0.479. The van der Waals surface area contributed by atoms with Crippen molar-refractivity contribution in [2.75, 3.05) is 4.90 Å². The number of anilines is 1. The molecule has 3 aromatic rings. The fourth-order valence-electron chi connectivity index (χ4n) is 2.72. The van der Waals surface area contributed by atoms with Crippen LogP contribution in [-0.4, -0.2) is 20.1 Å². The first kappa shape index (κ1) is 18.1. The molecule has 138 valence electrons. The van der Waals surface area contributed by atoms with E-state index in [9.17, 15) is 14.9 Å². The maximum absolute atomic E-state index is 12.7. The van der Waals surface area contributed by atoms with Crippen molar-refractivity contribution >= 4 is 51.7 Å². The summed E-state index contributed by atoms with van der Waals surface area (Å²) in [7, 11) is 0.